The first-order chi connectivity index (χ1) is 16.5. The first-order valence-electron chi connectivity index (χ1n) is 11.1. The Morgan fingerprint density at radius 3 is 2.50 bits per heavy atom. The average Bonchev–Trinajstić information content (AvgIpc) is 3.16. The zero-order valence-electron chi connectivity index (χ0n) is 18.3. The SMILES string of the molecule is O=C(c1ccccc1)c1sc2cc(O)ccc2c1Oc1ccc(CCN2CC(C(F)F)C2)cc1. The number of aromatic hydroxyl groups is 1. The molecule has 2 heterocycles. The van der Waals surface area contributed by atoms with Crippen molar-refractivity contribution in [2.24, 2.45) is 5.92 Å². The standard InChI is InChI=1S/C27H23F2NO3S/c28-27(29)19-15-30(16-19)13-12-17-6-9-21(10-7-17)33-25-22-11-8-20(31)14-23(22)34-26(25)24(32)18-4-2-1-3-5-18/h1-11,14,19,27,31H,12-13,15-16H2. The third-order valence-corrected chi connectivity index (χ3v) is 7.20. The number of ether oxygens (including phenoxy) is 1. The molecule has 1 aliphatic rings. The summed E-state index contributed by atoms with van der Waals surface area (Å²) in [4.78, 5) is 15.7. The van der Waals surface area contributed by atoms with Crippen LogP contribution in [0.1, 0.15) is 20.8 Å². The molecule has 0 bridgehead atoms. The number of likely N-dealkylation sites (tertiary alicyclic amines) is 1. The van der Waals surface area contributed by atoms with Gasteiger partial charge in [0, 0.05) is 41.2 Å². The molecule has 0 spiro atoms. The number of ketones is 1. The van der Waals surface area contributed by atoms with E-state index in [0.29, 0.717) is 35.0 Å². The van der Waals surface area contributed by atoms with Crippen molar-refractivity contribution in [1.29, 1.82) is 0 Å². The third kappa shape index (κ3) is 4.67. The van der Waals surface area contributed by atoms with Gasteiger partial charge in [0.15, 0.2) is 5.75 Å². The maximum Gasteiger partial charge on any atom is 0.243 e. The molecular formula is C27H23F2NO3S. The van der Waals surface area contributed by atoms with Crippen LogP contribution in [0, 0.1) is 5.92 Å². The average molecular weight is 480 g/mol. The number of hydrogen-bond acceptors (Lipinski definition) is 5. The fourth-order valence-electron chi connectivity index (χ4n) is 4.11. The predicted octanol–water partition coefficient (Wildman–Crippen LogP) is 6.37. The minimum Gasteiger partial charge on any atom is -0.508 e. The molecule has 1 fully saturated rings. The van der Waals surface area contributed by atoms with Gasteiger partial charge in [-0.05, 0) is 42.3 Å². The van der Waals surface area contributed by atoms with Gasteiger partial charge in [-0.15, -0.1) is 11.3 Å². The second kappa shape index (κ2) is 9.52. The fourth-order valence-corrected chi connectivity index (χ4v) is 5.24. The number of phenols is 1. The summed E-state index contributed by atoms with van der Waals surface area (Å²) in [7, 11) is 0. The molecular weight excluding hydrogens is 456 g/mol. The van der Waals surface area contributed by atoms with Crippen molar-refractivity contribution >= 4 is 27.2 Å². The number of fused-ring (bicyclic) bond motifs is 1. The summed E-state index contributed by atoms with van der Waals surface area (Å²) >= 11 is 1.29. The van der Waals surface area contributed by atoms with E-state index in [-0.39, 0.29) is 11.5 Å². The van der Waals surface area contributed by atoms with Gasteiger partial charge in [0.2, 0.25) is 12.2 Å². The third-order valence-electron chi connectivity index (χ3n) is 6.07. The van der Waals surface area contributed by atoms with Gasteiger partial charge in [-0.2, -0.15) is 0 Å². The first-order valence-corrected chi connectivity index (χ1v) is 11.9. The number of phenolic OH excluding ortho intramolecular Hbond substituents is 1. The van der Waals surface area contributed by atoms with Crippen LogP contribution in [0.15, 0.2) is 72.8 Å². The molecule has 1 N–H and O–H groups in total. The lowest BCUT2D eigenvalue weighted by molar-refractivity contribution is -0.0233. The molecule has 3 aromatic carbocycles. The summed E-state index contributed by atoms with van der Waals surface area (Å²) in [6.45, 7) is 1.66. The smallest absolute Gasteiger partial charge is 0.243 e. The van der Waals surface area contributed by atoms with E-state index in [2.05, 4.69) is 0 Å². The quantitative estimate of drug-likeness (QED) is 0.298. The Morgan fingerprint density at radius 1 is 1.06 bits per heavy atom. The van der Waals surface area contributed by atoms with Crippen LogP contribution in [-0.4, -0.2) is 41.8 Å². The van der Waals surface area contributed by atoms with E-state index >= 15 is 0 Å². The van der Waals surface area contributed by atoms with E-state index in [1.165, 1.54) is 11.3 Å². The number of thiophene rings is 1. The molecule has 1 aromatic heterocycles. The van der Waals surface area contributed by atoms with Crippen molar-refractivity contribution in [1.82, 2.24) is 4.90 Å². The maximum absolute atomic E-state index is 13.2. The summed E-state index contributed by atoms with van der Waals surface area (Å²) in [6, 6.07) is 21.6. The minimum atomic E-state index is -2.23. The van der Waals surface area contributed by atoms with E-state index in [1.807, 2.05) is 47.4 Å². The Balaban J connectivity index is 1.34. The van der Waals surface area contributed by atoms with E-state index < -0.39 is 12.3 Å². The lowest BCUT2D eigenvalue weighted by Gasteiger charge is -2.38. The Labute approximate surface area is 200 Å². The maximum atomic E-state index is 13.2. The van der Waals surface area contributed by atoms with Gasteiger partial charge >= 0.3 is 0 Å². The minimum absolute atomic E-state index is 0.130. The molecule has 34 heavy (non-hydrogen) atoms. The monoisotopic (exact) mass is 479 g/mol. The lowest BCUT2D eigenvalue weighted by Crippen LogP contribution is -2.50. The summed E-state index contributed by atoms with van der Waals surface area (Å²) in [5, 5.41) is 10.7. The number of alkyl halides is 2. The predicted molar refractivity (Wildman–Crippen MR) is 130 cm³/mol. The highest BCUT2D eigenvalue weighted by atomic mass is 32.1. The summed E-state index contributed by atoms with van der Waals surface area (Å²) in [5.41, 5.74) is 1.66. The van der Waals surface area contributed by atoms with Crippen LogP contribution in [-0.2, 0) is 6.42 Å². The van der Waals surface area contributed by atoms with Gasteiger partial charge < -0.3 is 14.7 Å². The van der Waals surface area contributed by atoms with Crippen LogP contribution in [0.5, 0.6) is 17.2 Å². The van der Waals surface area contributed by atoms with E-state index in [9.17, 15) is 18.7 Å². The highest BCUT2D eigenvalue weighted by Crippen LogP contribution is 2.42. The molecule has 0 aliphatic carbocycles. The summed E-state index contributed by atoms with van der Waals surface area (Å²) < 4.78 is 32.2. The number of hydrogen-bond donors (Lipinski definition) is 1. The second-order valence-electron chi connectivity index (χ2n) is 8.49. The lowest BCUT2D eigenvalue weighted by atomic mass is 10.00. The van der Waals surface area contributed by atoms with Crippen molar-refractivity contribution in [2.45, 2.75) is 12.8 Å². The molecule has 0 amide bonds. The molecule has 1 saturated heterocycles. The molecule has 0 radical (unpaired) electrons. The van der Waals surface area contributed by atoms with Crippen molar-refractivity contribution in [3.05, 3.63) is 88.8 Å². The van der Waals surface area contributed by atoms with Crippen LogP contribution in [0.25, 0.3) is 10.1 Å². The topological polar surface area (TPSA) is 49.8 Å². The van der Waals surface area contributed by atoms with Crippen molar-refractivity contribution in [3.8, 4) is 17.2 Å². The van der Waals surface area contributed by atoms with Gasteiger partial charge in [0.05, 0.1) is 0 Å². The number of benzene rings is 3. The molecule has 1 aliphatic heterocycles. The van der Waals surface area contributed by atoms with Crippen molar-refractivity contribution in [3.63, 3.8) is 0 Å². The molecule has 7 heteroatoms. The van der Waals surface area contributed by atoms with Gasteiger partial charge in [-0.1, -0.05) is 42.5 Å². The number of rotatable bonds is 8. The number of carbonyl (C=O) groups is 1. The summed E-state index contributed by atoms with van der Waals surface area (Å²) in [5.74, 6) is 0.571. The molecule has 4 aromatic rings. The van der Waals surface area contributed by atoms with E-state index in [1.54, 1.807) is 30.3 Å². The molecule has 174 valence electrons. The molecule has 0 atom stereocenters. The van der Waals surface area contributed by atoms with Crippen molar-refractivity contribution < 1.29 is 23.4 Å². The highest BCUT2D eigenvalue weighted by molar-refractivity contribution is 7.21. The molecule has 0 unspecified atom stereocenters. The van der Waals surface area contributed by atoms with Crippen molar-refractivity contribution in [2.75, 3.05) is 19.6 Å². The zero-order valence-corrected chi connectivity index (χ0v) is 19.1. The molecule has 5 rings (SSSR count). The van der Waals surface area contributed by atoms with Gasteiger partial charge in [-0.25, -0.2) is 8.78 Å². The molecule has 0 saturated carbocycles. The van der Waals surface area contributed by atoms with Gasteiger partial charge in [-0.3, -0.25) is 4.79 Å². The second-order valence-corrected chi connectivity index (χ2v) is 9.54. The zero-order chi connectivity index (χ0) is 23.7. The fraction of sp³-hybridized carbons (Fsp3) is 0.222. The van der Waals surface area contributed by atoms with Crippen LogP contribution in [0.2, 0.25) is 0 Å². The Hall–Kier alpha value is -3.29. The van der Waals surface area contributed by atoms with Crippen LogP contribution in [0.4, 0.5) is 8.78 Å². The van der Waals surface area contributed by atoms with Crippen LogP contribution >= 0.6 is 11.3 Å². The highest BCUT2D eigenvalue weighted by Gasteiger charge is 2.33. The normalized spacial score (nSPS) is 14.4. The summed E-state index contributed by atoms with van der Waals surface area (Å²) in [6.07, 6.45) is -1.46. The van der Waals surface area contributed by atoms with Gasteiger partial charge in [0.1, 0.15) is 16.4 Å². The Bertz CT molecular complexity index is 1300. The Morgan fingerprint density at radius 2 is 1.79 bits per heavy atom. The number of nitrogens with zero attached hydrogens (tertiary/aromatic N) is 1. The largest absolute Gasteiger partial charge is 0.508 e. The Kier molecular flexibility index (Phi) is 6.30. The first kappa shape index (κ1) is 22.5. The molecule has 4 nitrogen and oxygen atoms in total. The van der Waals surface area contributed by atoms with Crippen LogP contribution in [0.3, 0.4) is 0 Å². The number of halogens is 2. The van der Waals surface area contributed by atoms with Gasteiger partial charge in [0.25, 0.3) is 0 Å². The van der Waals surface area contributed by atoms with Crippen LogP contribution < -0.4 is 4.74 Å². The van der Waals surface area contributed by atoms with E-state index in [4.69, 9.17) is 4.74 Å². The number of carbonyl (C=O) groups excluding carboxylic acids is 1. The van der Waals surface area contributed by atoms with E-state index in [0.717, 1.165) is 28.6 Å².